The van der Waals surface area contributed by atoms with Gasteiger partial charge in [-0.2, -0.15) is 0 Å². The molecular formula is H8AgAlNO3SiZn. The minimum Gasteiger partial charge on any atom is -0.511 e. The van der Waals surface area contributed by atoms with Crippen LogP contribution in [0.3, 0.4) is 0 Å². The summed E-state index contributed by atoms with van der Waals surface area (Å²) in [5, 5.41) is 0. The van der Waals surface area contributed by atoms with E-state index in [1.165, 1.54) is 0 Å². The van der Waals surface area contributed by atoms with E-state index in [0.717, 1.165) is 0 Å². The third kappa shape index (κ3) is 144. The molecule has 0 aromatic carbocycles. The van der Waals surface area contributed by atoms with Crippen LogP contribution in [-0.4, -0.2) is 36.1 Å². The first-order chi connectivity index (χ1) is 1.73. The molecule has 0 saturated heterocycles. The maximum atomic E-state index is 8.74. The number of hydrogen-bond acceptors (Lipinski definition) is 2. The van der Waals surface area contributed by atoms with Gasteiger partial charge in [0.15, 0.2) is 17.4 Å². The van der Waals surface area contributed by atoms with Crippen molar-refractivity contribution in [2.75, 3.05) is 0 Å². The normalized spacial score (nSPS) is 3.00. The summed E-state index contributed by atoms with van der Waals surface area (Å²) in [6.45, 7) is 0. The zero-order valence-electron chi connectivity index (χ0n) is 3.52. The first-order valence-corrected chi connectivity index (χ1v) is 1.95. The molecule has 0 aliphatic carbocycles. The van der Waals surface area contributed by atoms with Crippen molar-refractivity contribution < 1.29 is 55.9 Å². The van der Waals surface area contributed by atoms with Crippen LogP contribution in [0.1, 0.15) is 0 Å². The molecule has 8 heteroatoms. The molecule has 0 unspecified atom stereocenters. The van der Waals surface area contributed by atoms with Crippen LogP contribution in [0.2, 0.25) is 0 Å². The Morgan fingerprint density at radius 1 is 1.25 bits per heavy atom. The van der Waals surface area contributed by atoms with Crippen LogP contribution in [0.5, 0.6) is 0 Å². The van der Waals surface area contributed by atoms with E-state index in [2.05, 4.69) is 0 Å². The maximum absolute atomic E-state index is 8.74. The van der Waals surface area contributed by atoms with Crippen LogP contribution < -0.4 is 6.15 Å². The topological polar surface area (TPSA) is 92.5 Å². The zero-order valence-corrected chi connectivity index (χ0v) is 8.97. The Morgan fingerprint density at radius 2 is 1.25 bits per heavy atom. The van der Waals surface area contributed by atoms with Crippen molar-refractivity contribution in [2.45, 2.75) is 0 Å². The molecule has 0 fully saturated rings. The molecule has 8 heavy (non-hydrogen) atoms. The van der Waals surface area contributed by atoms with Crippen LogP contribution in [0.25, 0.3) is 0 Å². The van der Waals surface area contributed by atoms with Crippen LogP contribution >= 0.6 is 0 Å². The van der Waals surface area contributed by atoms with E-state index in [1.54, 1.807) is 0 Å². The first kappa shape index (κ1) is 34.0. The molecule has 5 N–H and O–H groups in total. The number of rotatable bonds is 0. The second-order valence-electron chi connectivity index (χ2n) is 0.283. The standard InChI is InChI=1S/Ag.Al.H3N.H2O3Si.Zn.3H/c;;;1-4(2)3;;;;/h;;1H3;1-2H;;;;. The smallest absolute Gasteiger partial charge is 0.511 e. The van der Waals surface area contributed by atoms with Crippen molar-refractivity contribution in [1.82, 2.24) is 6.15 Å². The predicted molar refractivity (Wildman–Crippen MR) is 25.8 cm³/mol. The molecule has 1 radical (unpaired) electrons. The van der Waals surface area contributed by atoms with Gasteiger partial charge in [0.1, 0.15) is 0 Å². The van der Waals surface area contributed by atoms with E-state index in [9.17, 15) is 0 Å². The van der Waals surface area contributed by atoms with Gasteiger partial charge >= 0.3 is 9.17 Å². The average Bonchev–Trinajstić information content (AvgIpc) is 0.811. The molecule has 0 rings (SSSR count). The maximum Gasteiger partial charge on any atom is 0.761 e. The van der Waals surface area contributed by atoms with Gasteiger partial charge < -0.3 is 15.7 Å². The van der Waals surface area contributed by atoms with Gasteiger partial charge in [0.05, 0.1) is 0 Å². The van der Waals surface area contributed by atoms with Crippen LogP contribution in [0, 0.1) is 0 Å². The Balaban J connectivity index is -0.00000000750. The van der Waals surface area contributed by atoms with E-state index in [4.69, 9.17) is 14.1 Å². The van der Waals surface area contributed by atoms with Gasteiger partial charge in [0, 0.05) is 41.9 Å². The van der Waals surface area contributed by atoms with Crippen LogP contribution in [0.15, 0.2) is 0 Å². The van der Waals surface area contributed by atoms with E-state index in [0.29, 0.717) is 0 Å². The molecule has 0 atom stereocenters. The fraction of sp³-hybridized carbons (Fsp3) is 0. The van der Waals surface area contributed by atoms with E-state index >= 15 is 0 Å². The minimum atomic E-state index is -3.13. The monoisotopic (exact) mass is 296 g/mol. The van der Waals surface area contributed by atoms with Gasteiger partial charge in [0.2, 0.25) is 0 Å². The van der Waals surface area contributed by atoms with Gasteiger partial charge in [-0.25, -0.2) is 0 Å². The molecule has 4 nitrogen and oxygen atoms in total. The molecular weight excluding hydrogens is 290 g/mol. The molecule has 0 aromatic heterocycles. The Bertz CT molecular complexity index is 42.3. The molecule has 0 aromatic rings. The summed E-state index contributed by atoms with van der Waals surface area (Å²) in [5.41, 5.74) is 0. The third-order valence-corrected chi connectivity index (χ3v) is 0. The Kier molecular flexibility index (Phi) is 100. The Morgan fingerprint density at radius 3 is 1.25 bits per heavy atom. The van der Waals surface area contributed by atoms with E-state index < -0.39 is 9.17 Å². The van der Waals surface area contributed by atoms with Crippen LogP contribution in [0.4, 0.5) is 0 Å². The van der Waals surface area contributed by atoms with E-state index in [1.807, 2.05) is 0 Å². The second kappa shape index (κ2) is 23.6. The summed E-state index contributed by atoms with van der Waals surface area (Å²) >= 11 is 0. The SMILES string of the molecule is N.O=[Si](O)O.[Ag].[AlH3].[Zn]. The summed E-state index contributed by atoms with van der Waals surface area (Å²) < 4.78 is 8.74. The molecule has 0 saturated carbocycles. The summed E-state index contributed by atoms with van der Waals surface area (Å²) in [5.74, 6) is 0. The predicted octanol–water partition coefficient (Wildman–Crippen LogP) is -2.64. The quantitative estimate of drug-likeness (QED) is 0.426. The third-order valence-electron chi connectivity index (χ3n) is 0. The molecule has 0 aliphatic rings. The van der Waals surface area contributed by atoms with Crippen LogP contribution in [-0.2, 0) is 46.3 Å². The molecule has 0 amide bonds. The minimum absolute atomic E-state index is 0. The Hall–Kier alpha value is 1.47. The largest absolute Gasteiger partial charge is 0.761 e. The van der Waals surface area contributed by atoms with Gasteiger partial charge in [0.25, 0.3) is 0 Å². The first-order valence-electron chi connectivity index (χ1n) is 0.651. The fourth-order valence-corrected chi connectivity index (χ4v) is 0. The van der Waals surface area contributed by atoms with Crippen molar-refractivity contribution in [3.8, 4) is 0 Å². The van der Waals surface area contributed by atoms with Gasteiger partial charge in [-0.05, 0) is 0 Å². The Labute approximate surface area is 87.9 Å². The van der Waals surface area contributed by atoms with E-state index in [-0.39, 0.29) is 65.4 Å². The molecule has 0 bridgehead atoms. The van der Waals surface area contributed by atoms with Gasteiger partial charge in [-0.15, -0.1) is 0 Å². The zero-order chi connectivity index (χ0) is 3.58. The second-order valence-corrected chi connectivity index (χ2v) is 0.848. The summed E-state index contributed by atoms with van der Waals surface area (Å²) in [6.07, 6.45) is 0. The molecule has 0 aliphatic heterocycles. The molecule has 0 spiro atoms. The summed E-state index contributed by atoms with van der Waals surface area (Å²) in [6, 6.07) is 0. The van der Waals surface area contributed by atoms with Crippen molar-refractivity contribution in [3.63, 3.8) is 0 Å². The molecule has 51 valence electrons. The molecule has 0 heterocycles. The fourth-order valence-electron chi connectivity index (χ4n) is 0. The van der Waals surface area contributed by atoms with Gasteiger partial charge in [-0.3, -0.25) is 4.46 Å². The van der Waals surface area contributed by atoms with Crippen molar-refractivity contribution in [1.29, 1.82) is 0 Å². The van der Waals surface area contributed by atoms with Crippen molar-refractivity contribution >= 4 is 26.5 Å². The summed E-state index contributed by atoms with van der Waals surface area (Å²) in [7, 11) is -3.13. The van der Waals surface area contributed by atoms with Gasteiger partial charge in [-0.1, -0.05) is 0 Å². The average molecular weight is 298 g/mol. The number of hydrogen-bond donors (Lipinski definition) is 3. The van der Waals surface area contributed by atoms with Crippen molar-refractivity contribution in [2.24, 2.45) is 0 Å². The summed E-state index contributed by atoms with van der Waals surface area (Å²) in [4.78, 5) is 14.3. The van der Waals surface area contributed by atoms with Crippen molar-refractivity contribution in [3.05, 3.63) is 0 Å².